The zero-order valence-corrected chi connectivity index (χ0v) is 16.6. The predicted molar refractivity (Wildman–Crippen MR) is 115 cm³/mol. The van der Waals surface area contributed by atoms with Gasteiger partial charge in [-0.05, 0) is 36.4 Å². The van der Waals surface area contributed by atoms with Crippen LogP contribution in [0.25, 0.3) is 0 Å². The summed E-state index contributed by atoms with van der Waals surface area (Å²) >= 11 is 0. The average molecular weight is 401 g/mol. The van der Waals surface area contributed by atoms with Gasteiger partial charge in [0, 0.05) is 43.5 Å². The van der Waals surface area contributed by atoms with Crippen LogP contribution in [0.5, 0.6) is 5.75 Å². The second kappa shape index (κ2) is 9.22. The van der Waals surface area contributed by atoms with Crippen LogP contribution in [0.15, 0.2) is 79.0 Å². The molecule has 1 aromatic heterocycles. The Kier molecular flexibility index (Phi) is 6.03. The Balaban J connectivity index is 1.27. The van der Waals surface area contributed by atoms with Gasteiger partial charge in [0.2, 0.25) is 0 Å². The fourth-order valence-electron chi connectivity index (χ4n) is 3.42. The summed E-state index contributed by atoms with van der Waals surface area (Å²) in [5.41, 5.74) is 1.23. The number of aromatic nitrogens is 1. The van der Waals surface area contributed by atoms with Gasteiger partial charge in [0.1, 0.15) is 11.6 Å². The first-order valence-electron chi connectivity index (χ1n) is 9.97. The number of carbonyl (C=O) groups is 2. The Morgan fingerprint density at radius 2 is 1.47 bits per heavy atom. The third-order valence-electron chi connectivity index (χ3n) is 5.12. The van der Waals surface area contributed by atoms with E-state index in [4.69, 9.17) is 4.74 Å². The fourth-order valence-corrected chi connectivity index (χ4v) is 3.42. The molecule has 0 N–H and O–H groups in total. The third-order valence-corrected chi connectivity index (χ3v) is 5.12. The largest absolute Gasteiger partial charge is 0.484 e. The Labute approximate surface area is 175 Å². The number of pyridine rings is 1. The smallest absolute Gasteiger partial charge is 0.260 e. The summed E-state index contributed by atoms with van der Waals surface area (Å²) in [4.78, 5) is 33.3. The molecule has 1 saturated heterocycles. The van der Waals surface area contributed by atoms with Crippen molar-refractivity contribution in [1.29, 1.82) is 0 Å². The molecule has 0 unspecified atom stereocenters. The standard InChI is InChI=1S/C24H23N3O3/c28-23(27-16-14-26(15-17-27)22-8-4-5-13-25-22)18-30-21-11-9-20(10-12-21)24(29)19-6-2-1-3-7-19/h1-13H,14-18H2. The van der Waals surface area contributed by atoms with E-state index in [2.05, 4.69) is 9.88 Å². The maximum Gasteiger partial charge on any atom is 0.260 e. The van der Waals surface area contributed by atoms with E-state index in [1.165, 1.54) is 0 Å². The average Bonchev–Trinajstić information content (AvgIpc) is 2.83. The minimum absolute atomic E-state index is 0.0183. The van der Waals surface area contributed by atoms with Gasteiger partial charge in [0.05, 0.1) is 0 Å². The molecule has 30 heavy (non-hydrogen) atoms. The molecule has 2 aromatic carbocycles. The highest BCUT2D eigenvalue weighted by atomic mass is 16.5. The van der Waals surface area contributed by atoms with Crippen LogP contribution >= 0.6 is 0 Å². The Bertz CT molecular complexity index is 983. The van der Waals surface area contributed by atoms with Crippen LogP contribution in [-0.4, -0.2) is 54.4 Å². The van der Waals surface area contributed by atoms with Crippen LogP contribution in [0.1, 0.15) is 15.9 Å². The molecule has 2 heterocycles. The zero-order valence-electron chi connectivity index (χ0n) is 16.6. The minimum atomic E-state index is -0.0416. The lowest BCUT2D eigenvalue weighted by molar-refractivity contribution is -0.133. The summed E-state index contributed by atoms with van der Waals surface area (Å²) in [7, 11) is 0. The van der Waals surface area contributed by atoms with E-state index in [-0.39, 0.29) is 18.3 Å². The summed E-state index contributed by atoms with van der Waals surface area (Å²) in [5, 5.41) is 0. The van der Waals surface area contributed by atoms with Crippen molar-refractivity contribution in [3.8, 4) is 5.75 Å². The number of hydrogen-bond donors (Lipinski definition) is 0. The van der Waals surface area contributed by atoms with Crippen molar-refractivity contribution in [2.45, 2.75) is 0 Å². The maximum absolute atomic E-state index is 12.5. The topological polar surface area (TPSA) is 62.7 Å². The molecule has 1 aliphatic rings. The van der Waals surface area contributed by atoms with Crippen LogP contribution in [-0.2, 0) is 4.79 Å². The first-order chi connectivity index (χ1) is 14.7. The molecule has 0 radical (unpaired) electrons. The summed E-state index contributed by atoms with van der Waals surface area (Å²) in [6.07, 6.45) is 1.78. The molecule has 6 heteroatoms. The van der Waals surface area contributed by atoms with Crippen LogP contribution in [0.3, 0.4) is 0 Å². The van der Waals surface area contributed by atoms with E-state index in [1.54, 1.807) is 42.6 Å². The van der Waals surface area contributed by atoms with Crippen molar-refractivity contribution in [2.24, 2.45) is 0 Å². The number of ether oxygens (including phenoxy) is 1. The van der Waals surface area contributed by atoms with E-state index in [0.29, 0.717) is 30.0 Å². The van der Waals surface area contributed by atoms with Gasteiger partial charge in [0.25, 0.3) is 5.91 Å². The maximum atomic E-state index is 12.5. The van der Waals surface area contributed by atoms with Crippen LogP contribution in [0.2, 0.25) is 0 Å². The van der Waals surface area contributed by atoms with Crippen molar-refractivity contribution in [3.05, 3.63) is 90.1 Å². The lowest BCUT2D eigenvalue weighted by Crippen LogP contribution is -2.50. The van der Waals surface area contributed by atoms with Gasteiger partial charge in [-0.1, -0.05) is 36.4 Å². The minimum Gasteiger partial charge on any atom is -0.484 e. The number of nitrogens with zero attached hydrogens (tertiary/aromatic N) is 3. The van der Waals surface area contributed by atoms with E-state index < -0.39 is 0 Å². The van der Waals surface area contributed by atoms with E-state index in [1.807, 2.05) is 41.3 Å². The van der Waals surface area contributed by atoms with Crippen molar-refractivity contribution in [2.75, 3.05) is 37.7 Å². The molecule has 0 aliphatic carbocycles. The van der Waals surface area contributed by atoms with Crippen molar-refractivity contribution < 1.29 is 14.3 Å². The Morgan fingerprint density at radius 1 is 0.800 bits per heavy atom. The van der Waals surface area contributed by atoms with Crippen molar-refractivity contribution in [1.82, 2.24) is 9.88 Å². The van der Waals surface area contributed by atoms with Gasteiger partial charge in [-0.2, -0.15) is 0 Å². The molecule has 0 saturated carbocycles. The lowest BCUT2D eigenvalue weighted by atomic mass is 10.0. The molecule has 6 nitrogen and oxygen atoms in total. The number of hydrogen-bond acceptors (Lipinski definition) is 5. The number of piperazine rings is 1. The first kappa shape index (κ1) is 19.6. The number of ketones is 1. The van der Waals surface area contributed by atoms with Crippen molar-refractivity contribution in [3.63, 3.8) is 0 Å². The highest BCUT2D eigenvalue weighted by Crippen LogP contribution is 2.16. The third kappa shape index (κ3) is 4.66. The molecule has 152 valence electrons. The molecular formula is C24H23N3O3. The molecule has 1 aliphatic heterocycles. The quantitative estimate of drug-likeness (QED) is 0.594. The molecule has 1 amide bonds. The molecule has 0 bridgehead atoms. The van der Waals surface area contributed by atoms with Gasteiger partial charge in [-0.3, -0.25) is 9.59 Å². The van der Waals surface area contributed by atoms with E-state index >= 15 is 0 Å². The van der Waals surface area contributed by atoms with Gasteiger partial charge < -0.3 is 14.5 Å². The van der Waals surface area contributed by atoms with Gasteiger partial charge in [-0.15, -0.1) is 0 Å². The number of rotatable bonds is 6. The molecule has 1 fully saturated rings. The molecule has 0 spiro atoms. The first-order valence-corrected chi connectivity index (χ1v) is 9.97. The number of amides is 1. The predicted octanol–water partition coefficient (Wildman–Crippen LogP) is 3.04. The number of carbonyl (C=O) groups excluding carboxylic acids is 2. The second-order valence-corrected chi connectivity index (χ2v) is 7.06. The summed E-state index contributed by atoms with van der Waals surface area (Å²) < 4.78 is 5.64. The van der Waals surface area contributed by atoms with Crippen molar-refractivity contribution >= 4 is 17.5 Å². The number of benzene rings is 2. The van der Waals surface area contributed by atoms with Crippen LogP contribution in [0.4, 0.5) is 5.82 Å². The molecular weight excluding hydrogens is 378 g/mol. The highest BCUT2D eigenvalue weighted by Gasteiger charge is 2.22. The number of anilines is 1. The molecule has 0 atom stereocenters. The summed E-state index contributed by atoms with van der Waals surface area (Å²) in [6, 6.07) is 21.9. The van der Waals surface area contributed by atoms with Gasteiger partial charge >= 0.3 is 0 Å². The van der Waals surface area contributed by atoms with E-state index in [9.17, 15) is 9.59 Å². The van der Waals surface area contributed by atoms with Crippen LogP contribution < -0.4 is 9.64 Å². The highest BCUT2D eigenvalue weighted by molar-refractivity contribution is 6.08. The molecule has 3 aromatic rings. The summed E-state index contributed by atoms with van der Waals surface area (Å²) in [5.74, 6) is 1.43. The monoisotopic (exact) mass is 401 g/mol. The van der Waals surface area contributed by atoms with E-state index in [0.717, 1.165) is 18.9 Å². The lowest BCUT2D eigenvalue weighted by Gasteiger charge is -2.35. The van der Waals surface area contributed by atoms with Gasteiger partial charge in [-0.25, -0.2) is 4.98 Å². The fraction of sp³-hybridized carbons (Fsp3) is 0.208. The molecule has 4 rings (SSSR count). The zero-order chi connectivity index (χ0) is 20.8. The SMILES string of the molecule is O=C(c1ccccc1)c1ccc(OCC(=O)N2CCN(c3ccccn3)CC2)cc1. The Hall–Kier alpha value is -3.67. The van der Waals surface area contributed by atoms with Crippen LogP contribution in [0, 0.1) is 0 Å². The summed E-state index contributed by atoms with van der Waals surface area (Å²) in [6.45, 7) is 2.76. The second-order valence-electron chi connectivity index (χ2n) is 7.06. The Morgan fingerprint density at radius 3 is 2.13 bits per heavy atom. The normalized spacial score (nSPS) is 13.7. The van der Waals surface area contributed by atoms with Gasteiger partial charge in [0.15, 0.2) is 12.4 Å².